The molecule has 17 heavy (non-hydrogen) atoms. The molecule has 0 radical (unpaired) electrons. The van der Waals surface area contributed by atoms with Crippen LogP contribution in [0.4, 0.5) is 5.82 Å². The molecular weight excluding hydrogens is 226 g/mol. The molecule has 0 spiro atoms. The van der Waals surface area contributed by atoms with Gasteiger partial charge in [-0.1, -0.05) is 0 Å². The minimum Gasteiger partial charge on any atom is -0.466 e. The molecule has 0 bridgehead atoms. The third kappa shape index (κ3) is 3.18. The van der Waals surface area contributed by atoms with Gasteiger partial charge in [0.15, 0.2) is 5.82 Å². The zero-order chi connectivity index (χ0) is 13.0. The van der Waals surface area contributed by atoms with Crippen LogP contribution >= 0.6 is 0 Å². The number of H-pyrrole nitrogens is 1. The number of aromatic amines is 1. The van der Waals surface area contributed by atoms with Crippen LogP contribution in [-0.2, 0) is 9.53 Å². The summed E-state index contributed by atoms with van der Waals surface area (Å²) in [6, 6.07) is 0. The van der Waals surface area contributed by atoms with Gasteiger partial charge in [-0.3, -0.25) is 9.89 Å². The Morgan fingerprint density at radius 2 is 2.24 bits per heavy atom. The first-order valence-electron chi connectivity index (χ1n) is 5.29. The number of anilines is 1. The minimum absolute atomic E-state index is 0.109. The first-order chi connectivity index (χ1) is 7.97. The number of nitrogens with one attached hydrogen (secondary N) is 1. The molecule has 7 nitrogen and oxygen atoms in total. The summed E-state index contributed by atoms with van der Waals surface area (Å²) in [7, 11) is 0. The van der Waals surface area contributed by atoms with E-state index in [0.29, 0.717) is 11.3 Å². The standard InChI is InChI=1S/C10H17N3O4/c1-3-17-7(15)4-6(14)9(16)8-5(2)12-13-10(8)11/h6,9,14,16H,3-4H2,1-2H3,(H3,11,12,13). The summed E-state index contributed by atoms with van der Waals surface area (Å²) in [5.41, 5.74) is 6.40. The lowest BCUT2D eigenvalue weighted by Gasteiger charge is -2.17. The molecule has 0 aromatic carbocycles. The number of nitrogen functional groups attached to an aromatic ring is 1. The van der Waals surface area contributed by atoms with Crippen molar-refractivity contribution in [3.05, 3.63) is 11.3 Å². The number of aryl methyl sites for hydroxylation is 1. The van der Waals surface area contributed by atoms with E-state index >= 15 is 0 Å². The number of nitrogens with zero attached hydrogens (tertiary/aromatic N) is 1. The van der Waals surface area contributed by atoms with Crippen molar-refractivity contribution < 1.29 is 19.7 Å². The zero-order valence-electron chi connectivity index (χ0n) is 9.80. The number of aromatic nitrogens is 2. The molecular formula is C10H17N3O4. The van der Waals surface area contributed by atoms with E-state index in [0.717, 1.165) is 0 Å². The van der Waals surface area contributed by atoms with E-state index in [1.165, 1.54) is 0 Å². The number of rotatable bonds is 5. The second-order valence-electron chi connectivity index (χ2n) is 3.67. The monoisotopic (exact) mass is 243 g/mol. The Kier molecular flexibility index (Phi) is 4.47. The highest BCUT2D eigenvalue weighted by molar-refractivity contribution is 5.70. The highest BCUT2D eigenvalue weighted by Gasteiger charge is 2.26. The van der Waals surface area contributed by atoms with Gasteiger partial charge in [-0.15, -0.1) is 0 Å². The summed E-state index contributed by atoms with van der Waals surface area (Å²) >= 11 is 0. The number of esters is 1. The van der Waals surface area contributed by atoms with Crippen molar-refractivity contribution in [2.24, 2.45) is 0 Å². The fraction of sp³-hybridized carbons (Fsp3) is 0.600. The van der Waals surface area contributed by atoms with Gasteiger partial charge in [0.2, 0.25) is 0 Å². The van der Waals surface area contributed by atoms with Crippen LogP contribution in [0.1, 0.15) is 30.7 Å². The molecule has 7 heteroatoms. The second kappa shape index (κ2) is 5.65. The number of aliphatic hydroxyl groups is 2. The van der Waals surface area contributed by atoms with E-state index < -0.39 is 18.2 Å². The lowest BCUT2D eigenvalue weighted by atomic mass is 10.0. The maximum atomic E-state index is 11.1. The largest absolute Gasteiger partial charge is 0.466 e. The summed E-state index contributed by atoms with van der Waals surface area (Å²) < 4.78 is 4.68. The molecule has 5 N–H and O–H groups in total. The van der Waals surface area contributed by atoms with Gasteiger partial charge in [0.05, 0.1) is 19.1 Å². The third-order valence-electron chi connectivity index (χ3n) is 2.37. The van der Waals surface area contributed by atoms with Gasteiger partial charge in [0.1, 0.15) is 6.10 Å². The van der Waals surface area contributed by atoms with Crippen LogP contribution in [0.15, 0.2) is 0 Å². The normalized spacial score (nSPS) is 14.4. The molecule has 0 aliphatic heterocycles. The second-order valence-corrected chi connectivity index (χ2v) is 3.67. The molecule has 0 amide bonds. The molecule has 96 valence electrons. The molecule has 1 aromatic rings. The lowest BCUT2D eigenvalue weighted by Crippen LogP contribution is -2.24. The maximum Gasteiger partial charge on any atom is 0.308 e. The predicted molar refractivity (Wildman–Crippen MR) is 60.0 cm³/mol. The molecule has 0 aliphatic carbocycles. The predicted octanol–water partition coefficient (Wildman–Crippen LogP) is -0.352. The molecule has 0 saturated heterocycles. The molecule has 0 fully saturated rings. The zero-order valence-corrected chi connectivity index (χ0v) is 9.80. The molecule has 0 aliphatic rings. The van der Waals surface area contributed by atoms with Gasteiger partial charge in [-0.05, 0) is 13.8 Å². The number of aliphatic hydroxyl groups excluding tert-OH is 2. The van der Waals surface area contributed by atoms with Crippen molar-refractivity contribution in [2.75, 3.05) is 12.3 Å². The highest BCUT2D eigenvalue weighted by atomic mass is 16.5. The van der Waals surface area contributed by atoms with Gasteiger partial charge in [0, 0.05) is 11.3 Å². The van der Waals surface area contributed by atoms with Crippen LogP contribution < -0.4 is 5.73 Å². The fourth-order valence-corrected chi connectivity index (χ4v) is 1.52. The Balaban J connectivity index is 2.70. The lowest BCUT2D eigenvalue weighted by molar-refractivity contribution is -0.147. The number of nitrogens with two attached hydrogens (primary N) is 1. The van der Waals surface area contributed by atoms with Crippen LogP contribution in [0.25, 0.3) is 0 Å². The molecule has 1 aromatic heterocycles. The van der Waals surface area contributed by atoms with Crippen molar-refractivity contribution in [1.29, 1.82) is 0 Å². The Labute approximate surface area is 98.6 Å². The molecule has 2 unspecified atom stereocenters. The highest BCUT2D eigenvalue weighted by Crippen LogP contribution is 2.25. The van der Waals surface area contributed by atoms with Gasteiger partial charge in [-0.2, -0.15) is 5.10 Å². The summed E-state index contributed by atoms with van der Waals surface area (Å²) in [5, 5.41) is 25.8. The Hall–Kier alpha value is -1.60. The molecule has 1 heterocycles. The Morgan fingerprint density at radius 1 is 1.59 bits per heavy atom. The van der Waals surface area contributed by atoms with E-state index in [-0.39, 0.29) is 18.8 Å². The maximum absolute atomic E-state index is 11.1. The Bertz CT molecular complexity index is 371. The quantitative estimate of drug-likeness (QED) is 0.524. The summed E-state index contributed by atoms with van der Waals surface area (Å²) in [5.74, 6) is -0.461. The Morgan fingerprint density at radius 3 is 2.71 bits per heavy atom. The topological polar surface area (TPSA) is 121 Å². The van der Waals surface area contributed by atoms with Gasteiger partial charge in [0.25, 0.3) is 0 Å². The number of ether oxygens (including phenoxy) is 1. The molecule has 2 atom stereocenters. The van der Waals surface area contributed by atoms with E-state index in [4.69, 9.17) is 5.73 Å². The molecule has 0 saturated carbocycles. The van der Waals surface area contributed by atoms with Crippen molar-refractivity contribution in [3.63, 3.8) is 0 Å². The summed E-state index contributed by atoms with van der Waals surface area (Å²) in [6.07, 6.45) is -2.83. The van der Waals surface area contributed by atoms with E-state index in [1.807, 2.05) is 0 Å². The van der Waals surface area contributed by atoms with Crippen molar-refractivity contribution in [2.45, 2.75) is 32.5 Å². The van der Waals surface area contributed by atoms with Gasteiger partial charge >= 0.3 is 5.97 Å². The smallest absolute Gasteiger partial charge is 0.308 e. The van der Waals surface area contributed by atoms with E-state index in [9.17, 15) is 15.0 Å². The summed E-state index contributed by atoms with van der Waals surface area (Å²) in [4.78, 5) is 11.1. The number of carbonyl (C=O) groups is 1. The first-order valence-corrected chi connectivity index (χ1v) is 5.29. The van der Waals surface area contributed by atoms with Crippen LogP contribution in [0.3, 0.4) is 0 Å². The van der Waals surface area contributed by atoms with Crippen LogP contribution in [0.5, 0.6) is 0 Å². The first kappa shape index (κ1) is 13.5. The third-order valence-corrected chi connectivity index (χ3v) is 2.37. The number of hydrogen-bond acceptors (Lipinski definition) is 6. The van der Waals surface area contributed by atoms with Gasteiger partial charge < -0.3 is 20.7 Å². The average molecular weight is 243 g/mol. The number of hydrogen-bond donors (Lipinski definition) is 4. The van der Waals surface area contributed by atoms with E-state index in [2.05, 4.69) is 14.9 Å². The fourth-order valence-electron chi connectivity index (χ4n) is 1.52. The van der Waals surface area contributed by atoms with Crippen molar-refractivity contribution >= 4 is 11.8 Å². The van der Waals surface area contributed by atoms with Crippen LogP contribution in [-0.4, -0.2) is 39.1 Å². The summed E-state index contributed by atoms with van der Waals surface area (Å²) in [6.45, 7) is 3.56. The minimum atomic E-state index is -1.27. The average Bonchev–Trinajstić information content (AvgIpc) is 2.58. The molecule has 1 rings (SSSR count). The van der Waals surface area contributed by atoms with Crippen molar-refractivity contribution in [3.8, 4) is 0 Å². The van der Waals surface area contributed by atoms with Crippen LogP contribution in [0.2, 0.25) is 0 Å². The SMILES string of the molecule is CCOC(=O)CC(O)C(O)c1c(N)n[nH]c1C. The van der Waals surface area contributed by atoms with Gasteiger partial charge in [-0.25, -0.2) is 0 Å². The van der Waals surface area contributed by atoms with Crippen molar-refractivity contribution in [1.82, 2.24) is 10.2 Å². The van der Waals surface area contributed by atoms with E-state index in [1.54, 1.807) is 13.8 Å². The van der Waals surface area contributed by atoms with Crippen LogP contribution in [0, 0.1) is 6.92 Å². The number of carbonyl (C=O) groups excluding carboxylic acids is 1.